The molecule has 6 atom stereocenters. The Labute approximate surface area is 178 Å². The Hall–Kier alpha value is -1.29. The van der Waals surface area contributed by atoms with E-state index in [0.717, 1.165) is 0 Å². The van der Waals surface area contributed by atoms with Crippen LogP contribution in [0.3, 0.4) is 0 Å². The van der Waals surface area contributed by atoms with Crippen LogP contribution in [0.1, 0.15) is 13.2 Å². The molecule has 0 aliphatic carbocycles. The number of nitrogens with zero attached hydrogens (tertiary/aromatic N) is 3. The molecule has 180 valence electrons. The van der Waals surface area contributed by atoms with Crippen LogP contribution in [-0.2, 0) is 31.6 Å². The summed E-state index contributed by atoms with van der Waals surface area (Å²) in [7, 11) is -16.7. The topological polar surface area (TPSA) is 266 Å². The summed E-state index contributed by atoms with van der Waals surface area (Å²) in [6.07, 6.45) is -1.82. The Morgan fingerprint density at radius 2 is 1.84 bits per heavy atom. The number of anilines is 1. The number of nitrogens with two attached hydrogens (primary N) is 1. The van der Waals surface area contributed by atoms with Crippen LogP contribution in [0.15, 0.2) is 18.6 Å². The highest BCUT2D eigenvalue weighted by atomic mass is 31.3. The quantitative estimate of drug-likeness (QED) is 0.213. The number of ether oxygens (including phenoxy) is 1. The van der Waals surface area contributed by atoms with Gasteiger partial charge in [-0.25, -0.2) is 23.7 Å². The normalized spacial score (nSPS) is 30.3. The highest BCUT2D eigenvalue weighted by Crippen LogP contribution is 2.66. The average molecular weight is 520 g/mol. The Balaban J connectivity index is 1.74. The molecule has 3 rings (SSSR count). The summed E-state index contributed by atoms with van der Waals surface area (Å²) in [4.78, 5) is 43.6. The number of phosphoric ester groups is 1. The third-order valence-corrected chi connectivity index (χ3v) is 8.17. The van der Waals surface area contributed by atoms with Crippen LogP contribution < -0.4 is 5.73 Å². The molecule has 2 unspecified atom stereocenters. The van der Waals surface area contributed by atoms with Gasteiger partial charge in [0.15, 0.2) is 6.23 Å². The zero-order valence-electron chi connectivity index (χ0n) is 16.0. The monoisotopic (exact) mass is 520 g/mol. The van der Waals surface area contributed by atoms with E-state index >= 15 is 0 Å². The molecule has 1 aliphatic heterocycles. The Bertz CT molecular complexity index is 1150. The number of rotatable bonds is 8. The first-order chi connectivity index (χ1) is 14.5. The number of fused-ring (bicyclic) bond motifs is 1. The van der Waals surface area contributed by atoms with Gasteiger partial charge in [0, 0.05) is 6.20 Å². The van der Waals surface area contributed by atoms with E-state index in [4.69, 9.17) is 25.2 Å². The molecule has 17 nitrogen and oxygen atoms in total. The maximum atomic E-state index is 11.9. The van der Waals surface area contributed by atoms with Crippen molar-refractivity contribution in [3.63, 3.8) is 0 Å². The van der Waals surface area contributed by atoms with Crippen LogP contribution in [0.5, 0.6) is 0 Å². The highest BCUT2D eigenvalue weighted by molar-refractivity contribution is 7.66. The van der Waals surface area contributed by atoms with Gasteiger partial charge in [0.2, 0.25) is 0 Å². The molecule has 0 bridgehead atoms. The molecule has 1 aliphatic rings. The van der Waals surface area contributed by atoms with Gasteiger partial charge >= 0.3 is 23.5 Å². The van der Waals surface area contributed by atoms with Gasteiger partial charge in [0.05, 0.1) is 12.0 Å². The van der Waals surface area contributed by atoms with Crippen molar-refractivity contribution in [3.8, 4) is 0 Å². The number of aliphatic hydroxyl groups excluding tert-OH is 1. The number of hydrogen-bond donors (Lipinski definition) is 7. The second-order valence-electron chi connectivity index (χ2n) is 6.80. The molecule has 2 aromatic rings. The molecule has 1 saturated heterocycles. The largest absolute Gasteiger partial charge is 0.490 e. The zero-order chi connectivity index (χ0) is 24.1. The van der Waals surface area contributed by atoms with Crippen LogP contribution >= 0.6 is 23.5 Å². The molecule has 2 aromatic heterocycles. The number of phosphoric acid groups is 3. The highest BCUT2D eigenvalue weighted by Gasteiger charge is 2.54. The second-order valence-corrected chi connectivity index (χ2v) is 11.2. The lowest BCUT2D eigenvalue weighted by atomic mass is 9.96. The van der Waals surface area contributed by atoms with Gasteiger partial charge in [-0.1, -0.05) is 0 Å². The van der Waals surface area contributed by atoms with Gasteiger partial charge in [-0.2, -0.15) is 8.62 Å². The third kappa shape index (κ3) is 5.43. The molecule has 0 saturated carbocycles. The van der Waals surface area contributed by atoms with E-state index in [2.05, 4.69) is 23.1 Å². The lowest BCUT2D eigenvalue weighted by molar-refractivity contribution is -0.0947. The first-order valence-corrected chi connectivity index (χ1v) is 13.0. The van der Waals surface area contributed by atoms with Crippen LogP contribution in [0.25, 0.3) is 11.0 Å². The summed E-state index contributed by atoms with van der Waals surface area (Å²) < 4.78 is 52.5. The summed E-state index contributed by atoms with van der Waals surface area (Å²) in [5.74, 6) is 0.149. The summed E-state index contributed by atoms with van der Waals surface area (Å²) in [6.45, 7) is 0.261. The predicted molar refractivity (Wildman–Crippen MR) is 102 cm³/mol. The van der Waals surface area contributed by atoms with E-state index in [9.17, 15) is 28.8 Å². The fourth-order valence-corrected chi connectivity index (χ4v) is 6.06. The van der Waals surface area contributed by atoms with Crippen molar-refractivity contribution < 1.29 is 61.4 Å². The van der Waals surface area contributed by atoms with E-state index < -0.39 is 54.1 Å². The lowest BCUT2D eigenvalue weighted by Crippen LogP contribution is -2.44. The standard InChI is InChI=1S/C12H19N4O13P3/c1-12(18)8(17)7(4-26-31(22,23)29-32(24,25)28-30(19,20)21)27-11(12)16-3-2-6-9(13)14-5-15-10(6)16/h2-3,5,7-8,11,17-18H,4H2,1H3,(H,22,23)(H,24,25)(H2,13,14,15)(H2,19,20,21)/t7-,8-,11-,12-/m1/s1. The molecule has 8 N–H and O–H groups in total. The summed E-state index contributed by atoms with van der Waals surface area (Å²) >= 11 is 0. The third-order valence-electron chi connectivity index (χ3n) is 4.37. The Morgan fingerprint density at radius 1 is 1.19 bits per heavy atom. The molecule has 0 radical (unpaired) electrons. The van der Waals surface area contributed by atoms with Crippen LogP contribution in [0, 0.1) is 0 Å². The van der Waals surface area contributed by atoms with Crippen molar-refractivity contribution in [2.45, 2.75) is 31.0 Å². The van der Waals surface area contributed by atoms with Gasteiger partial charge < -0.3 is 44.8 Å². The van der Waals surface area contributed by atoms with Gasteiger partial charge in [0.1, 0.15) is 35.6 Å². The first kappa shape index (κ1) is 25.3. The fraction of sp³-hybridized carbons (Fsp3) is 0.500. The predicted octanol–water partition coefficient (Wildman–Crippen LogP) is -0.634. The van der Waals surface area contributed by atoms with Crippen LogP contribution in [0.4, 0.5) is 5.82 Å². The van der Waals surface area contributed by atoms with Crippen molar-refractivity contribution in [1.82, 2.24) is 14.5 Å². The molecule has 1 fully saturated rings. The molecular formula is C12H19N4O13P3. The van der Waals surface area contributed by atoms with Gasteiger partial charge in [-0.05, 0) is 13.0 Å². The van der Waals surface area contributed by atoms with Gasteiger partial charge in [0.25, 0.3) is 0 Å². The van der Waals surface area contributed by atoms with Gasteiger partial charge in [-0.15, -0.1) is 0 Å². The Morgan fingerprint density at radius 3 is 2.47 bits per heavy atom. The van der Waals surface area contributed by atoms with Crippen molar-refractivity contribution >= 4 is 40.3 Å². The summed E-state index contributed by atoms with van der Waals surface area (Å²) in [6, 6.07) is 1.54. The van der Waals surface area contributed by atoms with Crippen molar-refractivity contribution in [2.24, 2.45) is 0 Å². The molecule has 0 amide bonds. The second kappa shape index (κ2) is 8.49. The lowest BCUT2D eigenvalue weighted by Gasteiger charge is -2.27. The number of nitrogen functional groups attached to an aromatic ring is 1. The fourth-order valence-electron chi connectivity index (χ4n) is 3.03. The number of aromatic nitrogens is 3. The molecule has 0 spiro atoms. The van der Waals surface area contributed by atoms with Crippen molar-refractivity contribution in [2.75, 3.05) is 12.3 Å². The zero-order valence-corrected chi connectivity index (χ0v) is 18.7. The first-order valence-electron chi connectivity index (χ1n) is 8.44. The minimum absolute atomic E-state index is 0.149. The maximum Gasteiger partial charge on any atom is 0.490 e. The van der Waals surface area contributed by atoms with E-state index in [1.54, 1.807) is 0 Å². The van der Waals surface area contributed by atoms with Crippen LogP contribution in [0.2, 0.25) is 0 Å². The molecule has 32 heavy (non-hydrogen) atoms. The minimum atomic E-state index is -5.71. The molecule has 0 aromatic carbocycles. The molecule has 20 heteroatoms. The summed E-state index contributed by atoms with van der Waals surface area (Å²) in [5, 5.41) is 21.6. The average Bonchev–Trinajstić information content (AvgIpc) is 3.11. The number of hydrogen-bond acceptors (Lipinski definition) is 12. The van der Waals surface area contributed by atoms with Crippen molar-refractivity contribution in [1.29, 1.82) is 0 Å². The minimum Gasteiger partial charge on any atom is -0.387 e. The maximum absolute atomic E-state index is 11.9. The van der Waals surface area contributed by atoms with E-state index in [1.807, 2.05) is 0 Å². The van der Waals surface area contributed by atoms with E-state index in [1.165, 1.54) is 30.1 Å². The summed E-state index contributed by atoms with van der Waals surface area (Å²) in [5.41, 5.74) is 4.04. The smallest absolute Gasteiger partial charge is 0.387 e. The van der Waals surface area contributed by atoms with E-state index in [0.29, 0.717) is 5.39 Å². The van der Waals surface area contributed by atoms with E-state index in [-0.39, 0.29) is 11.5 Å². The Kier molecular flexibility index (Phi) is 6.72. The molecular weight excluding hydrogens is 501 g/mol. The SMILES string of the molecule is C[C@@]1(O)[C@H](O)[C@@H](COP(=O)(O)OP(=O)(O)OP(=O)(O)O)O[C@H]1n1ccc2c(N)ncnc21. The van der Waals surface area contributed by atoms with Crippen molar-refractivity contribution in [3.05, 3.63) is 18.6 Å². The number of aliphatic hydroxyl groups is 2. The molecule has 3 heterocycles. The van der Waals surface area contributed by atoms with Gasteiger partial charge in [-0.3, -0.25) is 4.52 Å². The van der Waals surface area contributed by atoms with Crippen LogP contribution in [-0.4, -0.2) is 68.7 Å².